The molecule has 0 saturated carbocycles. The quantitative estimate of drug-likeness (QED) is 0.795. The van der Waals surface area contributed by atoms with E-state index in [1.54, 1.807) is 13.0 Å². The molecule has 0 bridgehead atoms. The Morgan fingerprint density at radius 2 is 2.07 bits per heavy atom. The zero-order valence-electron chi connectivity index (χ0n) is 8.31. The van der Waals surface area contributed by atoms with Gasteiger partial charge in [0.15, 0.2) is 0 Å². The van der Waals surface area contributed by atoms with E-state index in [2.05, 4.69) is 0 Å². The van der Waals surface area contributed by atoms with Crippen LogP contribution in [0.4, 0.5) is 0 Å². The summed E-state index contributed by atoms with van der Waals surface area (Å²) in [5.41, 5.74) is 0.598. The van der Waals surface area contributed by atoms with Crippen LogP contribution in [0.3, 0.4) is 0 Å². The highest BCUT2D eigenvalue weighted by Gasteiger charge is 2.16. The smallest absolute Gasteiger partial charge is 0.239 e. The molecule has 0 radical (unpaired) electrons. The van der Waals surface area contributed by atoms with E-state index in [9.17, 15) is 8.42 Å². The lowest BCUT2D eigenvalue weighted by Gasteiger charge is -2.07. The number of benzene rings is 1. The number of sulfonamides is 1. The normalized spacial score (nSPS) is 10.8. The first-order valence-electron chi connectivity index (χ1n) is 4.01. The Hall–Kier alpha value is -1.58. The van der Waals surface area contributed by atoms with Gasteiger partial charge in [0, 0.05) is 0 Å². The van der Waals surface area contributed by atoms with Crippen molar-refractivity contribution in [3.8, 4) is 11.8 Å². The van der Waals surface area contributed by atoms with Crippen LogP contribution in [-0.2, 0) is 10.0 Å². The van der Waals surface area contributed by atoms with Crippen LogP contribution in [0.5, 0.6) is 5.75 Å². The highest BCUT2D eigenvalue weighted by atomic mass is 32.2. The monoisotopic (exact) mass is 226 g/mol. The number of aryl methyl sites for hydroxylation is 1. The molecule has 0 aliphatic rings. The second-order valence-electron chi connectivity index (χ2n) is 2.97. The van der Waals surface area contributed by atoms with Crippen molar-refractivity contribution in [1.29, 1.82) is 5.26 Å². The molecule has 15 heavy (non-hydrogen) atoms. The summed E-state index contributed by atoms with van der Waals surface area (Å²) in [6.07, 6.45) is 0. The molecular formula is C9H10N2O3S. The molecule has 0 aliphatic carbocycles. The lowest BCUT2D eigenvalue weighted by molar-refractivity contribution is 0.411. The number of ether oxygens (including phenoxy) is 1. The second-order valence-corrected chi connectivity index (χ2v) is 4.50. The molecule has 5 nitrogen and oxygen atoms in total. The van der Waals surface area contributed by atoms with Crippen molar-refractivity contribution >= 4 is 10.0 Å². The van der Waals surface area contributed by atoms with Crippen LogP contribution in [0.2, 0.25) is 0 Å². The van der Waals surface area contributed by atoms with Gasteiger partial charge in [-0.05, 0) is 24.6 Å². The molecule has 6 heteroatoms. The number of hydrogen-bond donors (Lipinski definition) is 1. The SMILES string of the molecule is COc1cc(C#N)c(S(N)(=O)=O)cc1C. The summed E-state index contributed by atoms with van der Waals surface area (Å²) in [6.45, 7) is 1.68. The molecule has 0 saturated heterocycles. The van der Waals surface area contributed by atoms with Crippen molar-refractivity contribution in [3.05, 3.63) is 23.3 Å². The number of methoxy groups -OCH3 is 1. The third-order valence-electron chi connectivity index (χ3n) is 1.92. The molecule has 1 aromatic rings. The van der Waals surface area contributed by atoms with Gasteiger partial charge in [-0.3, -0.25) is 0 Å². The van der Waals surface area contributed by atoms with Gasteiger partial charge in [-0.25, -0.2) is 13.6 Å². The molecule has 0 amide bonds. The maximum absolute atomic E-state index is 11.2. The lowest BCUT2D eigenvalue weighted by atomic mass is 10.1. The van der Waals surface area contributed by atoms with Gasteiger partial charge in [0.25, 0.3) is 0 Å². The van der Waals surface area contributed by atoms with Gasteiger partial charge in [0.2, 0.25) is 10.0 Å². The van der Waals surface area contributed by atoms with E-state index >= 15 is 0 Å². The Balaban J connectivity index is 3.57. The molecule has 0 unspecified atom stereocenters. The maximum atomic E-state index is 11.2. The van der Waals surface area contributed by atoms with E-state index in [4.69, 9.17) is 15.1 Å². The zero-order valence-corrected chi connectivity index (χ0v) is 9.13. The van der Waals surface area contributed by atoms with Crippen LogP contribution >= 0.6 is 0 Å². The van der Waals surface area contributed by atoms with E-state index < -0.39 is 10.0 Å². The van der Waals surface area contributed by atoms with Crippen molar-refractivity contribution in [2.24, 2.45) is 5.14 Å². The molecule has 0 aliphatic heterocycles. The fraction of sp³-hybridized carbons (Fsp3) is 0.222. The Bertz CT molecular complexity index is 529. The van der Waals surface area contributed by atoms with Crippen LogP contribution < -0.4 is 9.88 Å². The number of rotatable bonds is 2. The largest absolute Gasteiger partial charge is 0.496 e. The number of nitriles is 1. The topological polar surface area (TPSA) is 93.2 Å². The van der Waals surface area contributed by atoms with Crippen LogP contribution in [0.1, 0.15) is 11.1 Å². The highest BCUT2D eigenvalue weighted by molar-refractivity contribution is 7.89. The van der Waals surface area contributed by atoms with Crippen LogP contribution in [0.15, 0.2) is 17.0 Å². The minimum absolute atomic E-state index is 0.0139. The molecule has 1 rings (SSSR count). The summed E-state index contributed by atoms with van der Waals surface area (Å²) in [5.74, 6) is 0.457. The molecular weight excluding hydrogens is 216 g/mol. The zero-order chi connectivity index (χ0) is 11.6. The van der Waals surface area contributed by atoms with Gasteiger partial charge in [-0.1, -0.05) is 0 Å². The summed E-state index contributed by atoms with van der Waals surface area (Å²) in [6, 6.07) is 4.45. The van der Waals surface area contributed by atoms with E-state index in [-0.39, 0.29) is 10.5 Å². The van der Waals surface area contributed by atoms with Gasteiger partial charge < -0.3 is 4.74 Å². The first kappa shape index (κ1) is 11.5. The summed E-state index contributed by atoms with van der Waals surface area (Å²) < 4.78 is 27.3. The first-order valence-corrected chi connectivity index (χ1v) is 5.56. The first-order chi connectivity index (χ1) is 6.90. The fourth-order valence-corrected chi connectivity index (χ4v) is 1.96. The van der Waals surface area contributed by atoms with E-state index in [0.29, 0.717) is 11.3 Å². The molecule has 0 atom stereocenters. The van der Waals surface area contributed by atoms with Crippen LogP contribution in [-0.4, -0.2) is 15.5 Å². The van der Waals surface area contributed by atoms with Gasteiger partial charge in [-0.15, -0.1) is 0 Å². The van der Waals surface area contributed by atoms with E-state index in [1.807, 2.05) is 0 Å². The molecule has 2 N–H and O–H groups in total. The van der Waals surface area contributed by atoms with Crippen molar-refractivity contribution in [2.75, 3.05) is 7.11 Å². The number of primary sulfonamides is 1. The average Bonchev–Trinajstić information content (AvgIpc) is 2.16. The van der Waals surface area contributed by atoms with Crippen molar-refractivity contribution < 1.29 is 13.2 Å². The summed E-state index contributed by atoms with van der Waals surface area (Å²) in [4.78, 5) is -0.177. The Labute approximate surface area is 88.1 Å². The van der Waals surface area contributed by atoms with E-state index in [1.165, 1.54) is 19.2 Å². The predicted molar refractivity (Wildman–Crippen MR) is 53.8 cm³/mol. The third kappa shape index (κ3) is 2.26. The third-order valence-corrected chi connectivity index (χ3v) is 2.87. The minimum atomic E-state index is -3.87. The van der Waals surface area contributed by atoms with Gasteiger partial charge >= 0.3 is 0 Å². The average molecular weight is 226 g/mol. The molecule has 0 aromatic heterocycles. The molecule has 1 aromatic carbocycles. The minimum Gasteiger partial charge on any atom is -0.496 e. The van der Waals surface area contributed by atoms with E-state index in [0.717, 1.165) is 0 Å². The molecule has 0 spiro atoms. The lowest BCUT2D eigenvalue weighted by Crippen LogP contribution is -2.14. The van der Waals surface area contributed by atoms with Gasteiger partial charge in [0.05, 0.1) is 12.7 Å². The molecule has 0 heterocycles. The van der Waals surface area contributed by atoms with Gasteiger partial charge in [0.1, 0.15) is 16.7 Å². The second kappa shape index (κ2) is 3.88. The highest BCUT2D eigenvalue weighted by Crippen LogP contribution is 2.24. The predicted octanol–water partition coefficient (Wildman–Crippen LogP) is 0.523. The number of nitrogens with two attached hydrogens (primary N) is 1. The molecule has 80 valence electrons. The standard InChI is InChI=1S/C9H10N2O3S/c1-6-3-9(15(11,12)13)7(5-10)4-8(6)14-2/h3-4H,1-2H3,(H2,11,12,13). The Morgan fingerprint density at radius 3 is 2.47 bits per heavy atom. The fourth-order valence-electron chi connectivity index (χ4n) is 1.20. The Morgan fingerprint density at radius 1 is 1.47 bits per heavy atom. The van der Waals surface area contributed by atoms with Gasteiger partial charge in [-0.2, -0.15) is 5.26 Å². The summed E-state index contributed by atoms with van der Waals surface area (Å²) in [5, 5.41) is 13.7. The van der Waals surface area contributed by atoms with Crippen molar-refractivity contribution in [1.82, 2.24) is 0 Å². The number of hydrogen-bond acceptors (Lipinski definition) is 4. The maximum Gasteiger partial charge on any atom is 0.239 e. The summed E-state index contributed by atoms with van der Waals surface area (Å²) >= 11 is 0. The van der Waals surface area contributed by atoms with Crippen molar-refractivity contribution in [3.63, 3.8) is 0 Å². The van der Waals surface area contributed by atoms with Crippen LogP contribution in [0.25, 0.3) is 0 Å². The molecule has 0 fully saturated rings. The van der Waals surface area contributed by atoms with Crippen molar-refractivity contribution in [2.45, 2.75) is 11.8 Å². The van der Waals surface area contributed by atoms with Crippen LogP contribution in [0, 0.1) is 18.3 Å². The number of nitrogens with zero attached hydrogens (tertiary/aromatic N) is 1. The Kier molecular flexibility index (Phi) is 2.98. The summed E-state index contributed by atoms with van der Waals surface area (Å²) in [7, 11) is -2.43.